The molecule has 0 saturated heterocycles. The molecule has 1 N–H and O–H groups in total. The molecule has 138 valence electrons. The van der Waals surface area contributed by atoms with Gasteiger partial charge >= 0.3 is 5.97 Å². The van der Waals surface area contributed by atoms with Gasteiger partial charge in [0.2, 0.25) is 0 Å². The molecular weight excluding hydrogens is 340 g/mol. The molecule has 1 aromatic rings. The maximum absolute atomic E-state index is 12.2. The Hall–Kier alpha value is -2.77. The first-order chi connectivity index (χ1) is 12.5. The Balaban J connectivity index is 1.53. The van der Waals surface area contributed by atoms with Crippen LogP contribution >= 0.6 is 0 Å². The summed E-state index contributed by atoms with van der Waals surface area (Å²) >= 11 is 0. The number of para-hydroxylation sites is 2. The zero-order chi connectivity index (χ0) is 18.7. The first kappa shape index (κ1) is 18.0. The van der Waals surface area contributed by atoms with Gasteiger partial charge in [-0.1, -0.05) is 18.6 Å². The number of hydrogen-bond donors (Lipinski definition) is 1. The molecule has 0 aromatic heterocycles. The lowest BCUT2D eigenvalue weighted by molar-refractivity contribution is -0.383. The van der Waals surface area contributed by atoms with Crippen molar-refractivity contribution >= 4 is 29.0 Å². The third kappa shape index (κ3) is 3.89. The average Bonchev–Trinajstić information content (AvgIpc) is 2.59. The number of ketones is 1. The van der Waals surface area contributed by atoms with E-state index in [0.717, 1.165) is 19.3 Å². The number of amides is 1. The van der Waals surface area contributed by atoms with Crippen LogP contribution in [0.25, 0.3) is 0 Å². The lowest BCUT2D eigenvalue weighted by Gasteiger charge is -2.36. The van der Waals surface area contributed by atoms with Crippen molar-refractivity contribution in [1.82, 2.24) is 0 Å². The third-order valence-corrected chi connectivity index (χ3v) is 5.10. The number of anilines is 1. The third-order valence-electron chi connectivity index (χ3n) is 5.10. The van der Waals surface area contributed by atoms with Crippen LogP contribution in [-0.4, -0.2) is 29.2 Å². The van der Waals surface area contributed by atoms with Crippen LogP contribution in [0.4, 0.5) is 11.4 Å². The van der Waals surface area contributed by atoms with Crippen molar-refractivity contribution in [2.75, 3.05) is 11.9 Å². The summed E-state index contributed by atoms with van der Waals surface area (Å²) in [6, 6.07) is 5.74. The number of hydrogen-bond acceptors (Lipinski definition) is 6. The fraction of sp³-hybridized carbons (Fsp3) is 0.500. The summed E-state index contributed by atoms with van der Waals surface area (Å²) in [5, 5.41) is 13.3. The van der Waals surface area contributed by atoms with Gasteiger partial charge < -0.3 is 10.1 Å². The van der Waals surface area contributed by atoms with Crippen molar-refractivity contribution in [2.45, 2.75) is 32.1 Å². The summed E-state index contributed by atoms with van der Waals surface area (Å²) in [5.41, 5.74) is -0.179. The minimum atomic E-state index is -0.639. The smallest absolute Gasteiger partial charge is 0.309 e. The van der Waals surface area contributed by atoms with E-state index in [0.29, 0.717) is 12.8 Å². The van der Waals surface area contributed by atoms with E-state index >= 15 is 0 Å². The Morgan fingerprint density at radius 2 is 1.85 bits per heavy atom. The molecule has 8 nitrogen and oxygen atoms in total. The monoisotopic (exact) mass is 360 g/mol. The Kier molecular flexibility index (Phi) is 5.29. The molecule has 2 aliphatic carbocycles. The van der Waals surface area contributed by atoms with E-state index in [9.17, 15) is 24.5 Å². The molecule has 0 radical (unpaired) electrons. The Labute approximate surface area is 150 Å². The van der Waals surface area contributed by atoms with E-state index in [4.69, 9.17) is 4.74 Å². The maximum Gasteiger partial charge on any atom is 0.309 e. The van der Waals surface area contributed by atoms with Gasteiger partial charge in [0, 0.05) is 17.9 Å². The first-order valence-corrected chi connectivity index (χ1v) is 8.69. The molecule has 1 amide bonds. The van der Waals surface area contributed by atoms with Gasteiger partial charge in [0.1, 0.15) is 11.5 Å². The van der Waals surface area contributed by atoms with Crippen LogP contribution < -0.4 is 5.32 Å². The van der Waals surface area contributed by atoms with Gasteiger partial charge in [0.15, 0.2) is 6.61 Å². The number of carbonyl (C=O) groups is 3. The van der Waals surface area contributed by atoms with Crippen molar-refractivity contribution < 1.29 is 24.0 Å². The summed E-state index contributed by atoms with van der Waals surface area (Å²) in [6.45, 7) is -0.509. The van der Waals surface area contributed by atoms with Crippen molar-refractivity contribution in [3.8, 4) is 0 Å². The van der Waals surface area contributed by atoms with Crippen molar-refractivity contribution in [3.63, 3.8) is 0 Å². The number of fused-ring (bicyclic) bond motifs is 2. The van der Waals surface area contributed by atoms with E-state index in [1.54, 1.807) is 6.07 Å². The highest BCUT2D eigenvalue weighted by atomic mass is 16.6. The van der Waals surface area contributed by atoms with Crippen molar-refractivity contribution in [3.05, 3.63) is 34.4 Å². The molecule has 2 bridgehead atoms. The van der Waals surface area contributed by atoms with Gasteiger partial charge in [-0.05, 0) is 31.7 Å². The second kappa shape index (κ2) is 7.63. The molecule has 26 heavy (non-hydrogen) atoms. The van der Waals surface area contributed by atoms with E-state index in [1.165, 1.54) is 18.2 Å². The van der Waals surface area contributed by atoms with Gasteiger partial charge in [-0.15, -0.1) is 0 Å². The molecule has 0 aliphatic heterocycles. The number of nitrogens with zero attached hydrogens (tertiary/aromatic N) is 1. The number of Topliss-reactive ketones (excluding diaryl/α,β-unsaturated/α-hetero) is 1. The number of esters is 1. The first-order valence-electron chi connectivity index (χ1n) is 8.69. The number of nitro groups is 1. The topological polar surface area (TPSA) is 116 Å². The van der Waals surface area contributed by atoms with Crippen LogP contribution in [0.1, 0.15) is 32.1 Å². The fourth-order valence-corrected chi connectivity index (χ4v) is 3.85. The number of ether oxygens (including phenoxy) is 1. The second-order valence-corrected chi connectivity index (χ2v) is 6.83. The van der Waals surface area contributed by atoms with E-state index in [-0.39, 0.29) is 34.9 Å². The molecule has 8 heteroatoms. The summed E-state index contributed by atoms with van der Waals surface area (Å²) in [5.74, 6) is -1.36. The standard InChI is InChI=1S/C18H20N2O6/c21-16(19-14-6-1-2-7-15(14)20(24)25)10-26-18(23)13-8-11-4-3-5-12(9-13)17(11)22/h1-2,6-7,11-13H,3-5,8-10H2,(H,19,21)/t11-,12-/m0/s1. The quantitative estimate of drug-likeness (QED) is 0.490. The molecule has 0 spiro atoms. The number of carbonyl (C=O) groups excluding carboxylic acids is 3. The average molecular weight is 360 g/mol. The number of benzene rings is 1. The molecule has 2 saturated carbocycles. The molecular formula is C18H20N2O6. The molecule has 0 heterocycles. The number of nitrogens with one attached hydrogen (secondary N) is 1. The van der Waals surface area contributed by atoms with Crippen LogP contribution in [0.15, 0.2) is 24.3 Å². The maximum atomic E-state index is 12.2. The van der Waals surface area contributed by atoms with Crippen LogP contribution in [-0.2, 0) is 19.1 Å². The highest BCUT2D eigenvalue weighted by molar-refractivity contribution is 5.95. The molecule has 2 aliphatic rings. The van der Waals surface area contributed by atoms with Crippen molar-refractivity contribution in [1.29, 1.82) is 0 Å². The van der Waals surface area contributed by atoms with Gasteiger partial charge in [0.25, 0.3) is 11.6 Å². The molecule has 3 rings (SSSR count). The summed E-state index contributed by atoms with van der Waals surface area (Å²) in [4.78, 5) is 46.6. The van der Waals surface area contributed by atoms with Gasteiger partial charge in [-0.3, -0.25) is 24.5 Å². The summed E-state index contributed by atoms with van der Waals surface area (Å²) in [6.07, 6.45) is 3.62. The summed E-state index contributed by atoms with van der Waals surface area (Å²) < 4.78 is 5.08. The minimum Gasteiger partial charge on any atom is -0.455 e. The van der Waals surface area contributed by atoms with Gasteiger partial charge in [0.05, 0.1) is 10.8 Å². The summed E-state index contributed by atoms with van der Waals surface area (Å²) in [7, 11) is 0. The Morgan fingerprint density at radius 3 is 2.50 bits per heavy atom. The molecule has 0 unspecified atom stereocenters. The Bertz CT molecular complexity index is 731. The van der Waals surface area contributed by atoms with E-state index in [2.05, 4.69) is 5.32 Å². The van der Waals surface area contributed by atoms with Crippen LogP contribution in [0.5, 0.6) is 0 Å². The lowest BCUT2D eigenvalue weighted by Crippen LogP contribution is -2.40. The molecule has 2 fully saturated rings. The van der Waals surface area contributed by atoms with Gasteiger partial charge in [-0.25, -0.2) is 0 Å². The minimum absolute atomic E-state index is 0.0522. The van der Waals surface area contributed by atoms with Crippen LogP contribution in [0.3, 0.4) is 0 Å². The largest absolute Gasteiger partial charge is 0.455 e. The number of rotatable bonds is 5. The highest BCUT2D eigenvalue weighted by Gasteiger charge is 2.41. The predicted octanol–water partition coefficient (Wildman–Crippen LogP) is 2.47. The second-order valence-electron chi connectivity index (χ2n) is 6.83. The van der Waals surface area contributed by atoms with Crippen LogP contribution in [0.2, 0.25) is 0 Å². The lowest BCUT2D eigenvalue weighted by atomic mass is 9.67. The van der Waals surface area contributed by atoms with Gasteiger partial charge in [-0.2, -0.15) is 0 Å². The zero-order valence-electron chi connectivity index (χ0n) is 14.2. The predicted molar refractivity (Wildman–Crippen MR) is 91.2 cm³/mol. The normalized spacial score (nSPS) is 24.6. The zero-order valence-corrected chi connectivity index (χ0v) is 14.2. The number of nitro benzene ring substituents is 1. The molecule has 1 aromatic carbocycles. The molecule has 2 atom stereocenters. The highest BCUT2D eigenvalue weighted by Crippen LogP contribution is 2.40. The van der Waals surface area contributed by atoms with E-state index < -0.39 is 23.4 Å². The Morgan fingerprint density at radius 1 is 1.19 bits per heavy atom. The van der Waals surface area contributed by atoms with Crippen molar-refractivity contribution in [2.24, 2.45) is 17.8 Å². The fourth-order valence-electron chi connectivity index (χ4n) is 3.85. The SMILES string of the molecule is O=C(COC(=O)C1C[C@@H]2CCC[C@@H](C1)C2=O)Nc1ccccc1[N+](=O)[O-]. The van der Waals surface area contributed by atoms with E-state index in [1.807, 2.05) is 0 Å². The van der Waals surface area contributed by atoms with Crippen LogP contribution in [0, 0.1) is 27.9 Å².